The van der Waals surface area contributed by atoms with E-state index in [0.717, 1.165) is 37.2 Å². The van der Waals surface area contributed by atoms with E-state index in [1.165, 1.54) is 11.8 Å². The van der Waals surface area contributed by atoms with Gasteiger partial charge >= 0.3 is 0 Å². The molecule has 5 nitrogen and oxygen atoms in total. The molecule has 30 heavy (non-hydrogen) atoms. The first kappa shape index (κ1) is 20.9. The van der Waals surface area contributed by atoms with Crippen molar-refractivity contribution in [2.45, 2.75) is 31.8 Å². The number of likely N-dealkylation sites (tertiary alicyclic amines) is 1. The Balaban J connectivity index is 1.71. The lowest BCUT2D eigenvalue weighted by molar-refractivity contribution is -0.129. The summed E-state index contributed by atoms with van der Waals surface area (Å²) in [4.78, 5) is 32.7. The van der Waals surface area contributed by atoms with Crippen LogP contribution in [0.5, 0.6) is 0 Å². The number of thioether (sulfide) groups is 1. The van der Waals surface area contributed by atoms with Crippen LogP contribution in [-0.2, 0) is 4.79 Å². The molecule has 156 valence electrons. The van der Waals surface area contributed by atoms with Crippen molar-refractivity contribution in [1.82, 2.24) is 14.5 Å². The summed E-state index contributed by atoms with van der Waals surface area (Å²) in [5.41, 5.74) is 2.17. The number of hydrogen-bond donors (Lipinski definition) is 0. The van der Waals surface area contributed by atoms with Crippen LogP contribution in [0.3, 0.4) is 0 Å². The second-order valence-electron chi connectivity index (χ2n) is 7.89. The SMILES string of the molecule is Cc1cccc(-n2c(SCC(=O)N3CCC(C)CC3)nc3cc(Cl)ccc3c2=O)c1. The maximum Gasteiger partial charge on any atom is 0.266 e. The molecule has 4 rings (SSSR count). The third-order valence-electron chi connectivity index (χ3n) is 5.52. The number of hydrogen-bond acceptors (Lipinski definition) is 4. The van der Waals surface area contributed by atoms with E-state index in [0.29, 0.717) is 27.0 Å². The van der Waals surface area contributed by atoms with Gasteiger partial charge in [-0.25, -0.2) is 4.98 Å². The Hall–Kier alpha value is -2.31. The highest BCUT2D eigenvalue weighted by molar-refractivity contribution is 7.99. The molecule has 0 aliphatic carbocycles. The van der Waals surface area contributed by atoms with E-state index in [9.17, 15) is 9.59 Å². The number of carbonyl (C=O) groups excluding carboxylic acids is 1. The molecule has 1 fully saturated rings. The lowest BCUT2D eigenvalue weighted by Crippen LogP contribution is -2.39. The maximum atomic E-state index is 13.3. The average Bonchev–Trinajstić information content (AvgIpc) is 2.72. The maximum absolute atomic E-state index is 13.3. The molecule has 3 aromatic rings. The Bertz CT molecular complexity index is 1150. The largest absolute Gasteiger partial charge is 0.342 e. The fraction of sp³-hybridized carbons (Fsp3) is 0.348. The Kier molecular flexibility index (Phi) is 6.16. The normalized spacial score (nSPS) is 15.0. The van der Waals surface area contributed by atoms with Crippen LogP contribution in [-0.4, -0.2) is 39.2 Å². The van der Waals surface area contributed by atoms with E-state index in [2.05, 4.69) is 6.92 Å². The number of rotatable bonds is 4. The second-order valence-corrected chi connectivity index (χ2v) is 9.27. The van der Waals surface area contributed by atoms with Gasteiger partial charge in [0.1, 0.15) is 0 Å². The highest BCUT2D eigenvalue weighted by atomic mass is 35.5. The zero-order chi connectivity index (χ0) is 21.3. The Morgan fingerprint density at radius 1 is 1.20 bits per heavy atom. The fourth-order valence-corrected chi connectivity index (χ4v) is 4.79. The van der Waals surface area contributed by atoms with Gasteiger partial charge in [0.15, 0.2) is 5.16 Å². The van der Waals surface area contributed by atoms with Crippen LogP contribution >= 0.6 is 23.4 Å². The molecule has 1 aliphatic heterocycles. The first-order valence-corrected chi connectivity index (χ1v) is 11.5. The van der Waals surface area contributed by atoms with Crippen LogP contribution in [0.2, 0.25) is 5.02 Å². The molecule has 0 atom stereocenters. The number of halogens is 1. The van der Waals surface area contributed by atoms with E-state index in [-0.39, 0.29) is 17.2 Å². The van der Waals surface area contributed by atoms with Crippen molar-refractivity contribution < 1.29 is 4.79 Å². The lowest BCUT2D eigenvalue weighted by atomic mass is 9.99. The van der Waals surface area contributed by atoms with Gasteiger partial charge < -0.3 is 4.90 Å². The van der Waals surface area contributed by atoms with E-state index < -0.39 is 0 Å². The minimum Gasteiger partial charge on any atom is -0.342 e. The first-order valence-electron chi connectivity index (χ1n) is 10.1. The minimum atomic E-state index is -0.163. The molecule has 2 aromatic carbocycles. The van der Waals surface area contributed by atoms with E-state index in [1.807, 2.05) is 36.1 Å². The zero-order valence-corrected chi connectivity index (χ0v) is 18.7. The summed E-state index contributed by atoms with van der Waals surface area (Å²) in [6, 6.07) is 12.8. The van der Waals surface area contributed by atoms with Gasteiger partial charge in [0.25, 0.3) is 5.56 Å². The van der Waals surface area contributed by atoms with E-state index in [4.69, 9.17) is 16.6 Å². The van der Waals surface area contributed by atoms with Crippen molar-refractivity contribution >= 4 is 40.2 Å². The van der Waals surface area contributed by atoms with Crippen LogP contribution in [0.15, 0.2) is 52.4 Å². The van der Waals surface area contributed by atoms with Gasteiger partial charge in [-0.2, -0.15) is 0 Å². The predicted molar refractivity (Wildman–Crippen MR) is 123 cm³/mol. The van der Waals surface area contributed by atoms with Crippen LogP contribution in [0.4, 0.5) is 0 Å². The van der Waals surface area contributed by atoms with Gasteiger partial charge in [-0.3, -0.25) is 14.2 Å². The monoisotopic (exact) mass is 441 g/mol. The summed E-state index contributed by atoms with van der Waals surface area (Å²) in [5.74, 6) is 1.00. The fourth-order valence-electron chi connectivity index (χ4n) is 3.71. The summed E-state index contributed by atoms with van der Waals surface area (Å²) in [6.45, 7) is 5.80. The van der Waals surface area contributed by atoms with Crippen molar-refractivity contribution in [2.24, 2.45) is 5.92 Å². The number of amides is 1. The Morgan fingerprint density at radius 2 is 1.97 bits per heavy atom. The number of aryl methyl sites for hydroxylation is 1. The van der Waals surface area contributed by atoms with E-state index >= 15 is 0 Å². The molecule has 1 amide bonds. The van der Waals surface area contributed by atoms with Crippen molar-refractivity contribution in [1.29, 1.82) is 0 Å². The van der Waals surface area contributed by atoms with Gasteiger partial charge in [-0.05, 0) is 61.6 Å². The van der Waals surface area contributed by atoms with Gasteiger partial charge in [0, 0.05) is 18.1 Å². The smallest absolute Gasteiger partial charge is 0.266 e. The lowest BCUT2D eigenvalue weighted by Gasteiger charge is -2.30. The summed E-state index contributed by atoms with van der Waals surface area (Å²) in [7, 11) is 0. The van der Waals surface area contributed by atoms with Crippen molar-refractivity contribution in [2.75, 3.05) is 18.8 Å². The van der Waals surface area contributed by atoms with Crippen LogP contribution in [0.1, 0.15) is 25.3 Å². The quantitative estimate of drug-likeness (QED) is 0.435. The molecule has 1 aromatic heterocycles. The zero-order valence-electron chi connectivity index (χ0n) is 17.1. The molecule has 0 radical (unpaired) electrons. The topological polar surface area (TPSA) is 55.2 Å². The first-order chi connectivity index (χ1) is 14.4. The minimum absolute atomic E-state index is 0.0862. The summed E-state index contributed by atoms with van der Waals surface area (Å²) < 4.78 is 1.60. The summed E-state index contributed by atoms with van der Waals surface area (Å²) >= 11 is 7.43. The molecule has 0 saturated carbocycles. The second kappa shape index (κ2) is 8.82. The van der Waals surface area contributed by atoms with Crippen LogP contribution in [0.25, 0.3) is 16.6 Å². The Labute approximate surface area is 185 Å². The molecular formula is C23H24ClN3O2S. The van der Waals surface area contributed by atoms with Crippen molar-refractivity contribution in [3.63, 3.8) is 0 Å². The summed E-state index contributed by atoms with van der Waals surface area (Å²) in [6.07, 6.45) is 2.08. The number of piperidine rings is 1. The molecule has 7 heteroatoms. The summed E-state index contributed by atoms with van der Waals surface area (Å²) in [5, 5.41) is 1.53. The predicted octanol–water partition coefficient (Wildman–Crippen LogP) is 4.70. The molecule has 1 aliphatic rings. The van der Waals surface area contributed by atoms with Crippen molar-refractivity contribution in [3.05, 3.63) is 63.4 Å². The molecular weight excluding hydrogens is 418 g/mol. The number of aromatic nitrogens is 2. The number of benzene rings is 2. The van der Waals surface area contributed by atoms with Gasteiger partial charge in [0.05, 0.1) is 22.3 Å². The van der Waals surface area contributed by atoms with Crippen molar-refractivity contribution in [3.8, 4) is 5.69 Å². The molecule has 0 spiro atoms. The number of carbonyl (C=O) groups is 1. The number of nitrogens with zero attached hydrogens (tertiary/aromatic N) is 3. The standard InChI is InChI=1S/C23H24ClN3O2S/c1-15-8-10-26(11-9-15)21(28)14-30-23-25-20-13-17(24)6-7-19(20)22(29)27(23)18-5-3-4-16(2)12-18/h3-7,12-13,15H,8-11,14H2,1-2H3. The molecule has 0 unspecified atom stereocenters. The highest BCUT2D eigenvalue weighted by Gasteiger charge is 2.22. The van der Waals surface area contributed by atoms with Gasteiger partial charge in [-0.1, -0.05) is 42.4 Å². The average molecular weight is 442 g/mol. The molecule has 2 heterocycles. The number of fused-ring (bicyclic) bond motifs is 1. The highest BCUT2D eigenvalue weighted by Crippen LogP contribution is 2.24. The third kappa shape index (κ3) is 4.40. The van der Waals surface area contributed by atoms with E-state index in [1.54, 1.807) is 22.8 Å². The molecule has 1 saturated heterocycles. The van der Waals surface area contributed by atoms with Crippen LogP contribution < -0.4 is 5.56 Å². The van der Waals surface area contributed by atoms with Gasteiger partial charge in [0.2, 0.25) is 5.91 Å². The Morgan fingerprint density at radius 3 is 2.70 bits per heavy atom. The van der Waals surface area contributed by atoms with Crippen LogP contribution in [0, 0.1) is 12.8 Å². The molecule has 0 bridgehead atoms. The molecule has 0 N–H and O–H groups in total. The third-order valence-corrected chi connectivity index (χ3v) is 6.68. The van der Waals surface area contributed by atoms with Gasteiger partial charge in [-0.15, -0.1) is 0 Å².